The molecule has 1 unspecified atom stereocenters. The molecule has 126 valence electrons. The molecule has 1 aromatic carbocycles. The quantitative estimate of drug-likeness (QED) is 0.766. The van der Waals surface area contributed by atoms with Crippen LogP contribution in [0.25, 0.3) is 0 Å². The number of ether oxygens (including phenoxy) is 2. The maximum Gasteiger partial charge on any atom is 0.224 e. The molecule has 0 radical (unpaired) electrons. The second-order valence-corrected chi connectivity index (χ2v) is 5.45. The molecule has 0 aliphatic heterocycles. The van der Waals surface area contributed by atoms with Gasteiger partial charge in [-0.25, -0.2) is 0 Å². The van der Waals surface area contributed by atoms with E-state index >= 15 is 0 Å². The molecule has 0 heterocycles. The zero-order valence-electron chi connectivity index (χ0n) is 13.7. The van der Waals surface area contributed by atoms with Gasteiger partial charge in [-0.15, -0.1) is 12.4 Å². The van der Waals surface area contributed by atoms with Gasteiger partial charge in [-0.05, 0) is 24.5 Å². The fraction of sp³-hybridized carbons (Fsp3) is 0.562. The molecule has 0 aliphatic rings. The minimum atomic E-state index is -0.0751. The van der Waals surface area contributed by atoms with E-state index in [0.29, 0.717) is 24.0 Å². The minimum Gasteiger partial charge on any atom is -0.496 e. The van der Waals surface area contributed by atoms with E-state index in [0.717, 1.165) is 12.0 Å². The van der Waals surface area contributed by atoms with Crippen LogP contribution in [0.3, 0.4) is 0 Å². The molecule has 0 aromatic heterocycles. The molecule has 5 nitrogen and oxygen atoms in total. The lowest BCUT2D eigenvalue weighted by molar-refractivity contribution is -0.121. The van der Waals surface area contributed by atoms with Crippen LogP contribution in [0.1, 0.15) is 25.8 Å². The molecule has 0 spiro atoms. The molecular weight excluding hydrogens is 304 g/mol. The highest BCUT2D eigenvalue weighted by Crippen LogP contribution is 2.28. The molecule has 6 heteroatoms. The Morgan fingerprint density at radius 2 is 1.77 bits per heavy atom. The van der Waals surface area contributed by atoms with Gasteiger partial charge >= 0.3 is 0 Å². The topological polar surface area (TPSA) is 73.6 Å². The summed E-state index contributed by atoms with van der Waals surface area (Å²) in [6, 6.07) is 5.47. The van der Waals surface area contributed by atoms with Crippen molar-refractivity contribution in [3.05, 3.63) is 23.8 Å². The summed E-state index contributed by atoms with van der Waals surface area (Å²) < 4.78 is 10.6. The Hall–Kier alpha value is -1.46. The van der Waals surface area contributed by atoms with Gasteiger partial charge in [-0.1, -0.05) is 19.9 Å². The number of nitrogens with two attached hydrogens (primary N) is 1. The summed E-state index contributed by atoms with van der Waals surface area (Å²) in [5, 5.41) is 2.97. The zero-order valence-corrected chi connectivity index (χ0v) is 14.5. The lowest BCUT2D eigenvalue weighted by atomic mass is 10.0. The van der Waals surface area contributed by atoms with E-state index in [9.17, 15) is 4.79 Å². The van der Waals surface area contributed by atoms with Crippen LogP contribution in [0.5, 0.6) is 11.5 Å². The summed E-state index contributed by atoms with van der Waals surface area (Å²) in [5.41, 5.74) is 6.46. The highest BCUT2D eigenvalue weighted by atomic mass is 35.5. The first kappa shape index (κ1) is 20.5. The van der Waals surface area contributed by atoms with Crippen molar-refractivity contribution in [1.29, 1.82) is 0 Å². The Morgan fingerprint density at radius 3 is 2.18 bits per heavy atom. The van der Waals surface area contributed by atoms with Crippen molar-refractivity contribution in [1.82, 2.24) is 5.32 Å². The van der Waals surface area contributed by atoms with Gasteiger partial charge in [-0.2, -0.15) is 0 Å². The molecule has 1 atom stereocenters. The Kier molecular flexibility index (Phi) is 9.61. The van der Waals surface area contributed by atoms with Gasteiger partial charge in [0.05, 0.1) is 20.6 Å². The van der Waals surface area contributed by atoms with Crippen molar-refractivity contribution >= 4 is 18.3 Å². The molecule has 0 saturated carbocycles. The minimum absolute atomic E-state index is 0. The summed E-state index contributed by atoms with van der Waals surface area (Å²) in [6.45, 7) is 4.66. The molecule has 22 heavy (non-hydrogen) atoms. The third-order valence-corrected chi connectivity index (χ3v) is 3.27. The lowest BCUT2D eigenvalue weighted by Crippen LogP contribution is -2.41. The van der Waals surface area contributed by atoms with Crippen molar-refractivity contribution in [3.8, 4) is 11.5 Å². The van der Waals surface area contributed by atoms with Gasteiger partial charge < -0.3 is 20.5 Å². The van der Waals surface area contributed by atoms with Crippen molar-refractivity contribution in [2.24, 2.45) is 11.7 Å². The van der Waals surface area contributed by atoms with Crippen LogP contribution < -0.4 is 20.5 Å². The Bertz CT molecular complexity index is 444. The average Bonchev–Trinajstić information content (AvgIpc) is 2.46. The molecule has 1 rings (SSSR count). The number of rotatable bonds is 8. The zero-order chi connectivity index (χ0) is 15.8. The maximum atomic E-state index is 12.2. The Morgan fingerprint density at radius 1 is 1.23 bits per heavy atom. The van der Waals surface area contributed by atoms with Gasteiger partial charge in [-0.3, -0.25) is 4.79 Å². The summed E-state index contributed by atoms with van der Waals surface area (Å²) >= 11 is 0. The van der Waals surface area contributed by atoms with Crippen molar-refractivity contribution in [2.45, 2.75) is 32.7 Å². The standard InChI is InChI=1S/C16H26N2O3.ClH/c1-11(2)8-12(10-17)18-16(19)9-13-14(20-3)6-5-7-15(13)21-4;/h5-7,11-12H,8-10,17H2,1-4H3,(H,18,19);1H. The van der Waals surface area contributed by atoms with Crippen LogP contribution in [0, 0.1) is 5.92 Å². The number of benzene rings is 1. The molecule has 1 aromatic rings. The fourth-order valence-corrected chi connectivity index (χ4v) is 2.32. The van der Waals surface area contributed by atoms with E-state index in [1.54, 1.807) is 14.2 Å². The number of amides is 1. The first-order chi connectivity index (χ1) is 10.0. The first-order valence-electron chi connectivity index (χ1n) is 7.21. The number of carbonyl (C=O) groups excluding carboxylic acids is 1. The second kappa shape index (κ2) is 10.3. The van der Waals surface area contributed by atoms with Crippen molar-refractivity contribution < 1.29 is 14.3 Å². The summed E-state index contributed by atoms with van der Waals surface area (Å²) in [5.74, 6) is 1.71. The SMILES string of the molecule is COc1cccc(OC)c1CC(=O)NC(CN)CC(C)C.Cl. The summed E-state index contributed by atoms with van der Waals surface area (Å²) in [7, 11) is 3.16. The third kappa shape index (κ3) is 6.12. The average molecular weight is 331 g/mol. The predicted octanol–water partition coefficient (Wildman–Crippen LogP) is 2.16. The normalized spacial score (nSPS) is 11.5. The van der Waals surface area contributed by atoms with E-state index in [1.807, 2.05) is 18.2 Å². The Balaban J connectivity index is 0.00000441. The van der Waals surface area contributed by atoms with Crippen LogP contribution >= 0.6 is 12.4 Å². The monoisotopic (exact) mass is 330 g/mol. The fourth-order valence-electron chi connectivity index (χ4n) is 2.32. The molecule has 0 saturated heterocycles. The molecular formula is C16H27ClN2O3. The first-order valence-corrected chi connectivity index (χ1v) is 7.21. The largest absolute Gasteiger partial charge is 0.496 e. The third-order valence-electron chi connectivity index (χ3n) is 3.27. The van der Waals surface area contributed by atoms with Gasteiger partial charge in [0.1, 0.15) is 11.5 Å². The van der Waals surface area contributed by atoms with E-state index < -0.39 is 0 Å². The number of halogens is 1. The van der Waals surface area contributed by atoms with Crippen molar-refractivity contribution in [3.63, 3.8) is 0 Å². The van der Waals surface area contributed by atoms with Gasteiger partial charge in [0.2, 0.25) is 5.91 Å². The molecule has 0 bridgehead atoms. The van der Waals surface area contributed by atoms with Crippen molar-refractivity contribution in [2.75, 3.05) is 20.8 Å². The van der Waals surface area contributed by atoms with E-state index in [1.165, 1.54) is 0 Å². The van der Waals surface area contributed by atoms with Crippen LogP contribution in [-0.4, -0.2) is 32.7 Å². The van der Waals surface area contributed by atoms with Gasteiger partial charge in [0.15, 0.2) is 0 Å². The molecule has 3 N–H and O–H groups in total. The summed E-state index contributed by atoms with van der Waals surface area (Å²) in [6.07, 6.45) is 1.08. The highest BCUT2D eigenvalue weighted by Gasteiger charge is 2.17. The smallest absolute Gasteiger partial charge is 0.224 e. The van der Waals surface area contributed by atoms with Crippen LogP contribution in [-0.2, 0) is 11.2 Å². The van der Waals surface area contributed by atoms with E-state index in [-0.39, 0.29) is 30.8 Å². The number of hydrogen-bond donors (Lipinski definition) is 2. The maximum absolute atomic E-state index is 12.2. The molecule has 0 aliphatic carbocycles. The second-order valence-electron chi connectivity index (χ2n) is 5.45. The Labute approximate surface area is 139 Å². The van der Waals surface area contributed by atoms with Crippen LogP contribution in [0.4, 0.5) is 0 Å². The number of hydrogen-bond acceptors (Lipinski definition) is 4. The lowest BCUT2D eigenvalue weighted by Gasteiger charge is -2.19. The summed E-state index contributed by atoms with van der Waals surface area (Å²) in [4.78, 5) is 12.2. The number of methoxy groups -OCH3 is 2. The predicted molar refractivity (Wildman–Crippen MR) is 90.9 cm³/mol. The molecule has 0 fully saturated rings. The van der Waals surface area contributed by atoms with Crippen LogP contribution in [0.15, 0.2) is 18.2 Å². The van der Waals surface area contributed by atoms with E-state index in [2.05, 4.69) is 19.2 Å². The van der Waals surface area contributed by atoms with Gasteiger partial charge in [0, 0.05) is 18.2 Å². The number of carbonyl (C=O) groups is 1. The van der Waals surface area contributed by atoms with E-state index in [4.69, 9.17) is 15.2 Å². The highest BCUT2D eigenvalue weighted by molar-refractivity contribution is 5.85. The molecule has 1 amide bonds. The van der Waals surface area contributed by atoms with Crippen LogP contribution in [0.2, 0.25) is 0 Å². The van der Waals surface area contributed by atoms with Gasteiger partial charge in [0.25, 0.3) is 0 Å². The number of nitrogens with one attached hydrogen (secondary N) is 1.